The van der Waals surface area contributed by atoms with Crippen molar-refractivity contribution in [3.8, 4) is 0 Å². The number of carbonyl (C=O) groups excluding carboxylic acids is 2. The summed E-state index contributed by atoms with van der Waals surface area (Å²) >= 11 is 0. The molecule has 0 bridgehead atoms. The van der Waals surface area contributed by atoms with Crippen LogP contribution in [0.2, 0.25) is 0 Å². The zero-order valence-corrected chi connectivity index (χ0v) is 10.7. The summed E-state index contributed by atoms with van der Waals surface area (Å²) in [4.78, 5) is 32.6. The number of imidazole rings is 1. The number of carbonyl (C=O) groups is 2. The van der Waals surface area contributed by atoms with Crippen LogP contribution in [0.15, 0.2) is 6.33 Å². The summed E-state index contributed by atoms with van der Waals surface area (Å²) in [5.41, 5.74) is 0.468. The molecule has 0 unspecified atom stereocenters. The summed E-state index contributed by atoms with van der Waals surface area (Å²) in [6.07, 6.45) is 3.43. The van der Waals surface area contributed by atoms with Crippen LogP contribution in [0.25, 0.3) is 0 Å². The molecule has 6 nitrogen and oxygen atoms in total. The average molecular weight is 250 g/mol. The van der Waals surface area contributed by atoms with E-state index >= 15 is 0 Å². The minimum Gasteiger partial charge on any atom is -0.348 e. The molecule has 18 heavy (non-hydrogen) atoms. The van der Waals surface area contributed by atoms with Crippen LogP contribution in [0.4, 0.5) is 0 Å². The molecule has 0 atom stereocenters. The summed E-state index contributed by atoms with van der Waals surface area (Å²) < 4.78 is 0. The van der Waals surface area contributed by atoms with Crippen LogP contribution < -0.4 is 5.32 Å². The molecule has 0 spiro atoms. The Morgan fingerprint density at radius 2 is 2.06 bits per heavy atom. The fourth-order valence-corrected chi connectivity index (χ4v) is 2.04. The van der Waals surface area contributed by atoms with E-state index in [-0.39, 0.29) is 29.2 Å². The van der Waals surface area contributed by atoms with Gasteiger partial charge in [0, 0.05) is 19.1 Å². The van der Waals surface area contributed by atoms with Crippen LogP contribution in [0, 0.1) is 0 Å². The lowest BCUT2D eigenvalue weighted by Gasteiger charge is -2.15. The molecule has 0 aliphatic carbocycles. The molecule has 1 aliphatic heterocycles. The van der Waals surface area contributed by atoms with Crippen molar-refractivity contribution in [2.24, 2.45) is 0 Å². The van der Waals surface area contributed by atoms with E-state index in [9.17, 15) is 9.59 Å². The fraction of sp³-hybridized carbons (Fsp3) is 0.583. The Bertz CT molecular complexity index is 447. The van der Waals surface area contributed by atoms with E-state index in [1.54, 1.807) is 4.90 Å². The number of amides is 2. The van der Waals surface area contributed by atoms with Crippen molar-refractivity contribution in [2.45, 2.75) is 32.7 Å². The number of hydrogen-bond acceptors (Lipinski definition) is 3. The first kappa shape index (κ1) is 12.6. The van der Waals surface area contributed by atoms with Crippen LogP contribution in [0.5, 0.6) is 0 Å². The number of H-pyrrole nitrogens is 1. The third-order valence-corrected chi connectivity index (χ3v) is 2.88. The zero-order chi connectivity index (χ0) is 13.1. The van der Waals surface area contributed by atoms with E-state index < -0.39 is 0 Å². The Hall–Kier alpha value is -1.85. The lowest BCUT2D eigenvalue weighted by molar-refractivity contribution is 0.0778. The van der Waals surface area contributed by atoms with E-state index in [1.807, 2.05) is 13.8 Å². The molecule has 1 aliphatic rings. The third-order valence-electron chi connectivity index (χ3n) is 2.88. The van der Waals surface area contributed by atoms with Gasteiger partial charge in [0.1, 0.15) is 5.69 Å². The summed E-state index contributed by atoms with van der Waals surface area (Å²) in [6, 6.07) is 0.0175. The van der Waals surface area contributed by atoms with E-state index in [0.29, 0.717) is 0 Å². The van der Waals surface area contributed by atoms with Crippen molar-refractivity contribution in [2.75, 3.05) is 13.1 Å². The Balaban J connectivity index is 2.16. The minimum absolute atomic E-state index is 0.0175. The molecule has 2 amide bonds. The van der Waals surface area contributed by atoms with Crippen molar-refractivity contribution in [1.29, 1.82) is 0 Å². The molecule has 2 heterocycles. The van der Waals surface area contributed by atoms with Crippen molar-refractivity contribution in [3.63, 3.8) is 0 Å². The minimum atomic E-state index is -0.311. The summed E-state index contributed by atoms with van der Waals surface area (Å²) in [7, 11) is 0. The highest BCUT2D eigenvalue weighted by atomic mass is 16.2. The number of rotatable bonds is 3. The number of hydrogen-bond donors (Lipinski definition) is 2. The van der Waals surface area contributed by atoms with Gasteiger partial charge in [-0.2, -0.15) is 0 Å². The van der Waals surface area contributed by atoms with Gasteiger partial charge in [-0.05, 0) is 26.7 Å². The van der Waals surface area contributed by atoms with Gasteiger partial charge >= 0.3 is 0 Å². The van der Waals surface area contributed by atoms with Gasteiger partial charge in [-0.15, -0.1) is 0 Å². The van der Waals surface area contributed by atoms with Gasteiger partial charge in [0.25, 0.3) is 11.8 Å². The molecule has 2 rings (SSSR count). The second kappa shape index (κ2) is 5.20. The predicted octanol–water partition coefficient (Wildman–Crippen LogP) is 0.784. The second-order valence-electron chi connectivity index (χ2n) is 4.75. The summed E-state index contributed by atoms with van der Waals surface area (Å²) in [5, 5.41) is 2.74. The van der Waals surface area contributed by atoms with Crippen molar-refractivity contribution < 1.29 is 9.59 Å². The zero-order valence-electron chi connectivity index (χ0n) is 10.7. The Morgan fingerprint density at radius 1 is 1.39 bits per heavy atom. The lowest BCUT2D eigenvalue weighted by Crippen LogP contribution is -2.34. The third kappa shape index (κ3) is 2.52. The topological polar surface area (TPSA) is 78.1 Å². The molecule has 0 aromatic carbocycles. The van der Waals surface area contributed by atoms with Crippen molar-refractivity contribution in [3.05, 3.63) is 17.7 Å². The smallest absolute Gasteiger partial charge is 0.272 e. The van der Waals surface area contributed by atoms with Gasteiger partial charge in [-0.3, -0.25) is 9.59 Å². The Labute approximate surface area is 106 Å². The Morgan fingerprint density at radius 3 is 2.67 bits per heavy atom. The highest BCUT2D eigenvalue weighted by Crippen LogP contribution is 2.13. The van der Waals surface area contributed by atoms with E-state index in [2.05, 4.69) is 15.3 Å². The number of nitrogens with one attached hydrogen (secondary N) is 2. The van der Waals surface area contributed by atoms with Crippen LogP contribution in [0.1, 0.15) is 47.7 Å². The van der Waals surface area contributed by atoms with E-state index in [0.717, 1.165) is 25.9 Å². The monoisotopic (exact) mass is 250 g/mol. The van der Waals surface area contributed by atoms with Gasteiger partial charge in [0.15, 0.2) is 5.69 Å². The molecular formula is C12H18N4O2. The van der Waals surface area contributed by atoms with Crippen LogP contribution in [-0.4, -0.2) is 45.8 Å². The number of aromatic amines is 1. The van der Waals surface area contributed by atoms with Crippen LogP contribution in [-0.2, 0) is 0 Å². The lowest BCUT2D eigenvalue weighted by atomic mass is 10.2. The largest absolute Gasteiger partial charge is 0.348 e. The maximum Gasteiger partial charge on any atom is 0.272 e. The first-order valence-electron chi connectivity index (χ1n) is 6.23. The number of likely N-dealkylation sites (tertiary alicyclic amines) is 1. The van der Waals surface area contributed by atoms with E-state index in [1.165, 1.54) is 6.33 Å². The van der Waals surface area contributed by atoms with Gasteiger partial charge in [0.05, 0.1) is 6.33 Å². The molecule has 0 radical (unpaired) electrons. The summed E-state index contributed by atoms with van der Waals surface area (Å²) in [5.74, 6) is -0.451. The molecule has 1 fully saturated rings. The molecule has 0 saturated carbocycles. The normalized spacial score (nSPS) is 15.2. The highest BCUT2D eigenvalue weighted by Gasteiger charge is 2.26. The Kier molecular flexibility index (Phi) is 3.64. The van der Waals surface area contributed by atoms with Gasteiger partial charge < -0.3 is 15.2 Å². The quantitative estimate of drug-likeness (QED) is 0.832. The maximum absolute atomic E-state index is 12.2. The SMILES string of the molecule is CC(C)NC(=O)c1nc[nH]c1C(=O)N1CCCC1. The maximum atomic E-state index is 12.2. The second-order valence-corrected chi connectivity index (χ2v) is 4.75. The molecule has 6 heteroatoms. The molecule has 1 aromatic rings. The average Bonchev–Trinajstić information content (AvgIpc) is 2.98. The van der Waals surface area contributed by atoms with Gasteiger partial charge in [-0.1, -0.05) is 0 Å². The fourth-order valence-electron chi connectivity index (χ4n) is 2.04. The standard InChI is InChI=1S/C12H18N4O2/c1-8(2)15-11(17)9-10(14-7-13-9)12(18)16-5-3-4-6-16/h7-8H,3-6H2,1-2H3,(H,13,14)(H,15,17). The molecular weight excluding hydrogens is 232 g/mol. The molecule has 1 saturated heterocycles. The number of aromatic nitrogens is 2. The van der Waals surface area contributed by atoms with Crippen molar-refractivity contribution in [1.82, 2.24) is 20.2 Å². The van der Waals surface area contributed by atoms with Crippen molar-refractivity contribution >= 4 is 11.8 Å². The number of nitrogens with zero attached hydrogens (tertiary/aromatic N) is 2. The highest BCUT2D eigenvalue weighted by molar-refractivity contribution is 6.04. The molecule has 2 N–H and O–H groups in total. The van der Waals surface area contributed by atoms with Gasteiger partial charge in [0.2, 0.25) is 0 Å². The molecule has 98 valence electrons. The summed E-state index contributed by atoms with van der Waals surface area (Å²) in [6.45, 7) is 5.24. The van der Waals surface area contributed by atoms with Crippen LogP contribution in [0.3, 0.4) is 0 Å². The first-order valence-corrected chi connectivity index (χ1v) is 6.23. The predicted molar refractivity (Wildman–Crippen MR) is 66.3 cm³/mol. The van der Waals surface area contributed by atoms with Gasteiger partial charge in [-0.25, -0.2) is 4.98 Å². The van der Waals surface area contributed by atoms with E-state index in [4.69, 9.17) is 0 Å². The molecule has 1 aromatic heterocycles. The van der Waals surface area contributed by atoms with Crippen LogP contribution >= 0.6 is 0 Å². The first-order chi connectivity index (χ1) is 8.59.